The highest BCUT2D eigenvalue weighted by Gasteiger charge is 2.43. The lowest BCUT2D eigenvalue weighted by Crippen LogP contribution is -2.53. The molecule has 0 saturated carbocycles. The van der Waals surface area contributed by atoms with Gasteiger partial charge in [-0.15, -0.1) is 0 Å². The van der Waals surface area contributed by atoms with Crippen LogP contribution in [-0.4, -0.2) is 49.2 Å². The Morgan fingerprint density at radius 1 is 1.41 bits per heavy atom. The van der Waals surface area contributed by atoms with E-state index in [2.05, 4.69) is 12.2 Å². The van der Waals surface area contributed by atoms with Gasteiger partial charge in [0.2, 0.25) is 5.91 Å². The van der Waals surface area contributed by atoms with Crippen molar-refractivity contribution in [1.29, 1.82) is 0 Å². The average molecular weight is 240 g/mol. The molecule has 2 saturated heterocycles. The van der Waals surface area contributed by atoms with Crippen LogP contribution in [-0.2, 0) is 9.53 Å². The monoisotopic (exact) mass is 240 g/mol. The Hall–Kier alpha value is -0.610. The topological polar surface area (TPSA) is 41.6 Å². The number of amides is 1. The van der Waals surface area contributed by atoms with Crippen molar-refractivity contribution in [1.82, 2.24) is 10.2 Å². The minimum atomic E-state index is -0.156. The highest BCUT2D eigenvalue weighted by molar-refractivity contribution is 5.83. The van der Waals surface area contributed by atoms with Gasteiger partial charge < -0.3 is 15.0 Å². The average Bonchev–Trinajstić information content (AvgIpc) is 2.76. The zero-order chi connectivity index (χ0) is 12.5. The molecular formula is C13H24N2O2. The summed E-state index contributed by atoms with van der Waals surface area (Å²) in [5.74, 6) is 0.326. The van der Waals surface area contributed by atoms with Crippen molar-refractivity contribution >= 4 is 5.91 Å². The second-order valence-corrected chi connectivity index (χ2v) is 5.53. The van der Waals surface area contributed by atoms with Crippen molar-refractivity contribution in [2.45, 2.75) is 45.8 Å². The Balaban J connectivity index is 2.08. The van der Waals surface area contributed by atoms with Crippen LogP contribution in [0.1, 0.15) is 33.6 Å². The van der Waals surface area contributed by atoms with Crippen molar-refractivity contribution in [2.24, 2.45) is 5.41 Å². The smallest absolute Gasteiger partial charge is 0.230 e. The van der Waals surface area contributed by atoms with Gasteiger partial charge in [0.15, 0.2) is 0 Å². The molecule has 0 aliphatic carbocycles. The van der Waals surface area contributed by atoms with Crippen molar-refractivity contribution in [2.75, 3.05) is 26.2 Å². The highest BCUT2D eigenvalue weighted by atomic mass is 16.5. The van der Waals surface area contributed by atoms with Crippen molar-refractivity contribution < 1.29 is 9.53 Å². The third-order valence-electron chi connectivity index (χ3n) is 4.08. The summed E-state index contributed by atoms with van der Waals surface area (Å²) in [6, 6.07) is 0. The van der Waals surface area contributed by atoms with E-state index in [1.807, 2.05) is 18.7 Å². The first-order valence-electron chi connectivity index (χ1n) is 6.73. The predicted octanol–water partition coefficient (Wildman–Crippen LogP) is 1.01. The maximum Gasteiger partial charge on any atom is 0.230 e. The second-order valence-electron chi connectivity index (χ2n) is 5.53. The number of carbonyl (C=O) groups excluding carboxylic acids is 1. The number of nitrogens with one attached hydrogen (secondary N) is 1. The SMILES string of the molecule is CCC1(C(=O)N2CC(C)OC(C)C2)CCNC1. The summed E-state index contributed by atoms with van der Waals surface area (Å²) in [7, 11) is 0. The van der Waals surface area contributed by atoms with E-state index in [0.29, 0.717) is 5.91 Å². The van der Waals surface area contributed by atoms with Crippen molar-refractivity contribution in [3.05, 3.63) is 0 Å². The van der Waals surface area contributed by atoms with Gasteiger partial charge in [0.25, 0.3) is 0 Å². The van der Waals surface area contributed by atoms with Crippen molar-refractivity contribution in [3.63, 3.8) is 0 Å². The van der Waals surface area contributed by atoms with Gasteiger partial charge in [0.1, 0.15) is 0 Å². The summed E-state index contributed by atoms with van der Waals surface area (Å²) < 4.78 is 5.69. The molecular weight excluding hydrogens is 216 g/mol. The van der Waals surface area contributed by atoms with E-state index in [9.17, 15) is 4.79 Å². The number of rotatable bonds is 2. The lowest BCUT2D eigenvalue weighted by atomic mass is 9.82. The number of carbonyl (C=O) groups is 1. The molecule has 1 amide bonds. The molecule has 3 unspecified atom stereocenters. The Kier molecular flexibility index (Phi) is 3.73. The van der Waals surface area contributed by atoms with E-state index >= 15 is 0 Å². The molecule has 0 aromatic rings. The summed E-state index contributed by atoms with van der Waals surface area (Å²) in [6.07, 6.45) is 2.22. The summed E-state index contributed by atoms with van der Waals surface area (Å²) in [5.41, 5.74) is -0.156. The fourth-order valence-electron chi connectivity index (χ4n) is 3.06. The van der Waals surface area contributed by atoms with E-state index in [4.69, 9.17) is 4.74 Å². The van der Waals surface area contributed by atoms with Gasteiger partial charge in [0.05, 0.1) is 17.6 Å². The van der Waals surface area contributed by atoms with Crippen LogP contribution in [0.2, 0.25) is 0 Å². The van der Waals surface area contributed by atoms with Gasteiger partial charge in [-0.1, -0.05) is 6.92 Å². The maximum atomic E-state index is 12.7. The molecule has 4 heteroatoms. The molecule has 17 heavy (non-hydrogen) atoms. The van der Waals surface area contributed by atoms with Crippen LogP contribution in [0, 0.1) is 5.41 Å². The first-order valence-corrected chi connectivity index (χ1v) is 6.73. The normalized spacial score (nSPS) is 38.4. The summed E-state index contributed by atoms with van der Waals surface area (Å²) in [6.45, 7) is 9.49. The van der Waals surface area contributed by atoms with Gasteiger partial charge in [-0.25, -0.2) is 0 Å². The minimum Gasteiger partial charge on any atom is -0.372 e. The zero-order valence-electron chi connectivity index (χ0n) is 11.2. The lowest BCUT2D eigenvalue weighted by Gasteiger charge is -2.40. The zero-order valence-corrected chi connectivity index (χ0v) is 11.2. The van der Waals surface area contributed by atoms with E-state index in [0.717, 1.165) is 39.0 Å². The first-order chi connectivity index (χ1) is 8.07. The van der Waals surface area contributed by atoms with Crippen LogP contribution in [0.15, 0.2) is 0 Å². The third-order valence-corrected chi connectivity index (χ3v) is 4.08. The van der Waals surface area contributed by atoms with E-state index in [1.165, 1.54) is 0 Å². The van der Waals surface area contributed by atoms with E-state index in [1.54, 1.807) is 0 Å². The molecule has 2 aliphatic heterocycles. The van der Waals surface area contributed by atoms with Crippen LogP contribution in [0.25, 0.3) is 0 Å². The Bertz CT molecular complexity index is 277. The highest BCUT2D eigenvalue weighted by Crippen LogP contribution is 2.32. The molecule has 4 nitrogen and oxygen atoms in total. The number of ether oxygens (including phenoxy) is 1. The molecule has 2 rings (SSSR count). The number of hydrogen-bond donors (Lipinski definition) is 1. The van der Waals surface area contributed by atoms with Crippen LogP contribution in [0.5, 0.6) is 0 Å². The third kappa shape index (κ3) is 2.47. The molecule has 2 heterocycles. The van der Waals surface area contributed by atoms with Crippen LogP contribution >= 0.6 is 0 Å². The molecule has 0 radical (unpaired) electrons. The Labute approximate surface area is 104 Å². The number of morpholine rings is 1. The van der Waals surface area contributed by atoms with Gasteiger partial charge in [0, 0.05) is 19.6 Å². The maximum absolute atomic E-state index is 12.7. The summed E-state index contributed by atoms with van der Waals surface area (Å²) in [5, 5.41) is 3.33. The molecule has 0 spiro atoms. The molecule has 2 aliphatic rings. The number of nitrogens with zero attached hydrogens (tertiary/aromatic N) is 1. The van der Waals surface area contributed by atoms with Gasteiger partial charge in [-0.05, 0) is 33.2 Å². The molecule has 98 valence electrons. The molecule has 0 bridgehead atoms. The van der Waals surface area contributed by atoms with E-state index < -0.39 is 0 Å². The molecule has 0 aromatic carbocycles. The second kappa shape index (κ2) is 4.94. The number of hydrogen-bond acceptors (Lipinski definition) is 3. The fourth-order valence-corrected chi connectivity index (χ4v) is 3.06. The summed E-state index contributed by atoms with van der Waals surface area (Å²) >= 11 is 0. The molecule has 3 atom stereocenters. The molecule has 0 aromatic heterocycles. The van der Waals surface area contributed by atoms with E-state index in [-0.39, 0.29) is 17.6 Å². The van der Waals surface area contributed by atoms with Crippen LogP contribution in [0.4, 0.5) is 0 Å². The Morgan fingerprint density at radius 2 is 2.06 bits per heavy atom. The van der Waals surface area contributed by atoms with Crippen LogP contribution in [0.3, 0.4) is 0 Å². The van der Waals surface area contributed by atoms with Gasteiger partial charge in [-0.2, -0.15) is 0 Å². The van der Waals surface area contributed by atoms with Gasteiger partial charge >= 0.3 is 0 Å². The quantitative estimate of drug-likeness (QED) is 0.783. The molecule has 2 fully saturated rings. The lowest BCUT2D eigenvalue weighted by molar-refractivity contribution is -0.153. The van der Waals surface area contributed by atoms with Crippen molar-refractivity contribution in [3.8, 4) is 0 Å². The minimum absolute atomic E-state index is 0.156. The predicted molar refractivity (Wildman–Crippen MR) is 66.8 cm³/mol. The standard InChI is InChI=1S/C13H24N2O2/c1-4-13(5-6-14-9-13)12(16)15-7-10(2)17-11(3)8-15/h10-11,14H,4-9H2,1-3H3. The Morgan fingerprint density at radius 3 is 2.53 bits per heavy atom. The fraction of sp³-hybridized carbons (Fsp3) is 0.923. The first kappa shape index (κ1) is 12.8. The molecule has 1 N–H and O–H groups in total. The van der Waals surface area contributed by atoms with Gasteiger partial charge in [-0.3, -0.25) is 4.79 Å². The summed E-state index contributed by atoms with van der Waals surface area (Å²) in [4.78, 5) is 14.7. The van der Waals surface area contributed by atoms with Crippen LogP contribution < -0.4 is 5.32 Å². The largest absolute Gasteiger partial charge is 0.372 e.